The van der Waals surface area contributed by atoms with Gasteiger partial charge in [-0.05, 0) is 28.4 Å². The molecule has 15 heavy (non-hydrogen) atoms. The molecule has 1 heterocycles. The Morgan fingerprint density at radius 3 is 2.60 bits per heavy atom. The topological polar surface area (TPSA) is 56.6 Å². The minimum atomic E-state index is 0.0952. The lowest BCUT2D eigenvalue weighted by Gasteiger charge is -2.23. The van der Waals surface area contributed by atoms with Gasteiger partial charge in [-0.15, -0.1) is 0 Å². The smallest absolute Gasteiger partial charge is 0.0606 e. The molecule has 2 N–H and O–H groups in total. The van der Waals surface area contributed by atoms with E-state index < -0.39 is 0 Å². The van der Waals surface area contributed by atoms with E-state index in [9.17, 15) is 0 Å². The van der Waals surface area contributed by atoms with Gasteiger partial charge in [-0.25, -0.2) is 0 Å². The maximum atomic E-state index is 8.93. The second-order valence-corrected chi connectivity index (χ2v) is 4.06. The van der Waals surface area contributed by atoms with Gasteiger partial charge in [-0.3, -0.25) is 4.98 Å². The van der Waals surface area contributed by atoms with E-state index in [4.69, 9.17) is 10.2 Å². The molecule has 4 nitrogen and oxygen atoms in total. The van der Waals surface area contributed by atoms with Crippen molar-refractivity contribution in [2.45, 2.75) is 6.42 Å². The molecule has 1 aromatic rings. The van der Waals surface area contributed by atoms with Crippen LogP contribution in [0.25, 0.3) is 0 Å². The summed E-state index contributed by atoms with van der Waals surface area (Å²) in [6, 6.07) is 1.94. The van der Waals surface area contributed by atoms with Gasteiger partial charge in [0.2, 0.25) is 0 Å². The molecule has 0 aliphatic rings. The molecule has 0 saturated carbocycles. The molecule has 0 radical (unpaired) electrons. The summed E-state index contributed by atoms with van der Waals surface area (Å²) in [6.45, 7) is 1.52. The van der Waals surface area contributed by atoms with Gasteiger partial charge in [0, 0.05) is 30.4 Å². The molecule has 84 valence electrons. The number of hydrogen-bond acceptors (Lipinski definition) is 4. The summed E-state index contributed by atoms with van der Waals surface area (Å²) in [4.78, 5) is 6.06. The Morgan fingerprint density at radius 1 is 1.20 bits per heavy atom. The summed E-state index contributed by atoms with van der Waals surface area (Å²) in [5.74, 6) is 0. The third-order valence-corrected chi connectivity index (χ3v) is 2.45. The van der Waals surface area contributed by atoms with Gasteiger partial charge in [-0.1, -0.05) is 0 Å². The van der Waals surface area contributed by atoms with E-state index in [1.807, 2.05) is 11.0 Å². The Bertz CT molecular complexity index is 297. The van der Waals surface area contributed by atoms with Crippen molar-refractivity contribution < 1.29 is 10.2 Å². The standard InChI is InChI=1S/C10H15BrN2O2/c11-9-6-10(8-12-7-9)13(3-5-15)2-1-4-14/h6-8,14-15H,1-5H2. The average Bonchev–Trinajstić information content (AvgIpc) is 2.24. The van der Waals surface area contributed by atoms with Crippen molar-refractivity contribution in [3.8, 4) is 0 Å². The van der Waals surface area contributed by atoms with E-state index in [0.29, 0.717) is 13.0 Å². The van der Waals surface area contributed by atoms with Gasteiger partial charge >= 0.3 is 0 Å². The summed E-state index contributed by atoms with van der Waals surface area (Å²) in [6.07, 6.45) is 4.15. The number of aliphatic hydroxyl groups is 2. The SMILES string of the molecule is OCCCN(CCO)c1cncc(Br)c1. The highest BCUT2D eigenvalue weighted by molar-refractivity contribution is 9.10. The second-order valence-electron chi connectivity index (χ2n) is 3.15. The maximum absolute atomic E-state index is 8.93. The summed E-state index contributed by atoms with van der Waals surface area (Å²) in [5.41, 5.74) is 0.951. The molecule has 0 unspecified atom stereocenters. The monoisotopic (exact) mass is 274 g/mol. The van der Waals surface area contributed by atoms with E-state index in [0.717, 1.165) is 16.7 Å². The van der Waals surface area contributed by atoms with Crippen LogP contribution in [0.4, 0.5) is 5.69 Å². The van der Waals surface area contributed by atoms with E-state index in [1.165, 1.54) is 0 Å². The molecule has 0 bridgehead atoms. The van der Waals surface area contributed by atoms with Crippen LogP contribution in [0.1, 0.15) is 6.42 Å². The van der Waals surface area contributed by atoms with Crippen LogP contribution in [0.5, 0.6) is 0 Å². The molecule has 0 aliphatic heterocycles. The fraction of sp³-hybridized carbons (Fsp3) is 0.500. The Balaban J connectivity index is 2.69. The zero-order valence-corrected chi connectivity index (χ0v) is 10.0. The van der Waals surface area contributed by atoms with Crippen molar-refractivity contribution in [3.63, 3.8) is 0 Å². The van der Waals surface area contributed by atoms with Gasteiger partial charge in [0.15, 0.2) is 0 Å². The fourth-order valence-electron chi connectivity index (χ4n) is 1.33. The fourth-order valence-corrected chi connectivity index (χ4v) is 1.68. The highest BCUT2D eigenvalue weighted by Gasteiger charge is 2.05. The van der Waals surface area contributed by atoms with Gasteiger partial charge in [0.25, 0.3) is 0 Å². The summed E-state index contributed by atoms with van der Waals surface area (Å²) in [5, 5.41) is 17.7. The number of halogens is 1. The molecule has 0 atom stereocenters. The molecule has 1 aromatic heterocycles. The van der Waals surface area contributed by atoms with Crippen LogP contribution >= 0.6 is 15.9 Å². The van der Waals surface area contributed by atoms with E-state index in [2.05, 4.69) is 20.9 Å². The zero-order valence-electron chi connectivity index (χ0n) is 8.43. The highest BCUT2D eigenvalue weighted by atomic mass is 79.9. The second kappa shape index (κ2) is 6.76. The van der Waals surface area contributed by atoms with E-state index in [1.54, 1.807) is 12.4 Å². The Labute approximate surface area is 97.7 Å². The first-order chi connectivity index (χ1) is 7.27. The maximum Gasteiger partial charge on any atom is 0.0606 e. The molecule has 1 rings (SSSR count). The number of anilines is 1. The number of nitrogens with zero attached hydrogens (tertiary/aromatic N) is 2. The molecule has 0 aromatic carbocycles. The Kier molecular flexibility index (Phi) is 5.60. The van der Waals surface area contributed by atoms with Gasteiger partial charge in [0.05, 0.1) is 18.5 Å². The highest BCUT2D eigenvalue weighted by Crippen LogP contribution is 2.18. The van der Waals surface area contributed by atoms with Crippen molar-refractivity contribution in [1.82, 2.24) is 4.98 Å². The lowest BCUT2D eigenvalue weighted by atomic mass is 10.3. The summed E-state index contributed by atoms with van der Waals surface area (Å²) < 4.78 is 0.909. The quantitative estimate of drug-likeness (QED) is 0.814. The van der Waals surface area contributed by atoms with Crippen LogP contribution in [-0.2, 0) is 0 Å². The molecular weight excluding hydrogens is 260 g/mol. The molecule has 0 amide bonds. The molecule has 0 spiro atoms. The molecule has 0 aliphatic carbocycles. The Morgan fingerprint density at radius 2 is 2.00 bits per heavy atom. The number of pyridine rings is 1. The predicted molar refractivity (Wildman–Crippen MR) is 62.9 cm³/mol. The molecule has 0 fully saturated rings. The van der Waals surface area contributed by atoms with Gasteiger partial charge in [-0.2, -0.15) is 0 Å². The average molecular weight is 275 g/mol. The first-order valence-electron chi connectivity index (χ1n) is 4.85. The van der Waals surface area contributed by atoms with Crippen molar-refractivity contribution in [2.24, 2.45) is 0 Å². The largest absolute Gasteiger partial charge is 0.396 e. The normalized spacial score (nSPS) is 10.3. The third-order valence-electron chi connectivity index (χ3n) is 2.01. The first-order valence-corrected chi connectivity index (χ1v) is 5.64. The number of hydrogen-bond donors (Lipinski definition) is 2. The van der Waals surface area contributed by atoms with Crippen LogP contribution in [-0.4, -0.2) is 41.5 Å². The van der Waals surface area contributed by atoms with Gasteiger partial charge in [0.1, 0.15) is 0 Å². The van der Waals surface area contributed by atoms with Gasteiger partial charge < -0.3 is 15.1 Å². The van der Waals surface area contributed by atoms with Crippen molar-refractivity contribution in [2.75, 3.05) is 31.2 Å². The van der Waals surface area contributed by atoms with Crippen molar-refractivity contribution in [1.29, 1.82) is 0 Å². The van der Waals surface area contributed by atoms with Crippen LogP contribution in [0.3, 0.4) is 0 Å². The molecule has 5 heteroatoms. The zero-order chi connectivity index (χ0) is 11.1. The van der Waals surface area contributed by atoms with E-state index in [-0.39, 0.29) is 13.2 Å². The van der Waals surface area contributed by atoms with E-state index >= 15 is 0 Å². The third kappa shape index (κ3) is 4.15. The number of aliphatic hydroxyl groups excluding tert-OH is 2. The predicted octanol–water partition coefficient (Wildman–Crippen LogP) is 1.03. The molecule has 0 saturated heterocycles. The van der Waals surface area contributed by atoms with Crippen LogP contribution < -0.4 is 4.90 Å². The van der Waals surface area contributed by atoms with Crippen molar-refractivity contribution in [3.05, 3.63) is 22.9 Å². The summed E-state index contributed by atoms with van der Waals surface area (Å²) in [7, 11) is 0. The number of aromatic nitrogens is 1. The molecular formula is C10H15BrN2O2. The minimum Gasteiger partial charge on any atom is -0.396 e. The number of rotatable bonds is 6. The first kappa shape index (κ1) is 12.4. The minimum absolute atomic E-state index is 0.0952. The van der Waals surface area contributed by atoms with Crippen LogP contribution in [0.2, 0.25) is 0 Å². The van der Waals surface area contributed by atoms with Crippen molar-refractivity contribution >= 4 is 21.6 Å². The Hall–Kier alpha value is -0.650. The summed E-state index contributed by atoms with van der Waals surface area (Å²) >= 11 is 3.35. The van der Waals surface area contributed by atoms with Crippen LogP contribution in [0.15, 0.2) is 22.9 Å². The van der Waals surface area contributed by atoms with Crippen LogP contribution in [0, 0.1) is 0 Å². The lowest BCUT2D eigenvalue weighted by molar-refractivity contribution is 0.281. The lowest BCUT2D eigenvalue weighted by Crippen LogP contribution is -2.28.